The topological polar surface area (TPSA) is 42.2 Å². The Kier molecular flexibility index (Phi) is 2.29. The molecule has 1 aliphatic heterocycles. The average Bonchev–Trinajstić information content (AvgIpc) is 2.67. The van der Waals surface area contributed by atoms with E-state index in [4.69, 9.17) is 9.47 Å². The Morgan fingerprint density at radius 1 is 1.47 bits per heavy atom. The van der Waals surface area contributed by atoms with E-state index < -0.39 is 0 Å². The number of ether oxygens (including phenoxy) is 2. The van der Waals surface area contributed by atoms with Crippen molar-refractivity contribution in [2.45, 2.75) is 18.8 Å². The van der Waals surface area contributed by atoms with Crippen molar-refractivity contribution in [3.63, 3.8) is 0 Å². The molecule has 0 spiro atoms. The number of allylic oxidation sites excluding steroid dienone is 2. The second-order valence-corrected chi connectivity index (χ2v) is 4.37. The van der Waals surface area contributed by atoms with E-state index in [-0.39, 0.29) is 0 Å². The van der Waals surface area contributed by atoms with Crippen molar-refractivity contribution < 1.29 is 9.47 Å². The molecule has 0 amide bonds. The monoisotopic (exact) mass is 227 g/mol. The maximum absolute atomic E-state index is 9.27. The molecule has 0 aromatic heterocycles. The van der Waals surface area contributed by atoms with Gasteiger partial charge in [0.05, 0.1) is 25.4 Å². The van der Waals surface area contributed by atoms with E-state index in [2.05, 4.69) is 6.07 Å². The summed E-state index contributed by atoms with van der Waals surface area (Å²) in [6.45, 7) is 0.724. The molecule has 1 atom stereocenters. The zero-order chi connectivity index (χ0) is 11.8. The van der Waals surface area contributed by atoms with Crippen LogP contribution in [-0.2, 0) is 0 Å². The zero-order valence-electron chi connectivity index (χ0n) is 9.69. The number of nitriles is 1. The number of benzene rings is 1. The average molecular weight is 227 g/mol. The predicted molar refractivity (Wildman–Crippen MR) is 64.1 cm³/mol. The first-order valence-electron chi connectivity index (χ1n) is 5.79. The largest absolute Gasteiger partial charge is 0.496 e. The third kappa shape index (κ3) is 1.41. The molecule has 0 bridgehead atoms. The SMILES string of the molecule is COc1ccc2c3c1C(C#N)=CCC[C@H]3CO2. The highest BCUT2D eigenvalue weighted by atomic mass is 16.5. The highest BCUT2D eigenvalue weighted by Gasteiger charge is 2.31. The lowest BCUT2D eigenvalue weighted by molar-refractivity contribution is 0.326. The van der Waals surface area contributed by atoms with Gasteiger partial charge in [0.2, 0.25) is 0 Å². The van der Waals surface area contributed by atoms with E-state index in [0.717, 1.165) is 42.1 Å². The molecule has 1 aromatic rings. The third-order valence-electron chi connectivity index (χ3n) is 3.49. The highest BCUT2D eigenvalue weighted by Crippen LogP contribution is 2.47. The Labute approximate surface area is 100 Å². The van der Waals surface area contributed by atoms with E-state index in [9.17, 15) is 5.26 Å². The molecule has 3 nitrogen and oxygen atoms in total. The quantitative estimate of drug-likeness (QED) is 0.740. The van der Waals surface area contributed by atoms with Crippen LogP contribution in [0.4, 0.5) is 0 Å². The minimum atomic E-state index is 0.400. The van der Waals surface area contributed by atoms with Gasteiger partial charge < -0.3 is 9.47 Å². The first-order chi connectivity index (χ1) is 8.35. The summed E-state index contributed by atoms with van der Waals surface area (Å²) >= 11 is 0. The van der Waals surface area contributed by atoms with Gasteiger partial charge in [0.25, 0.3) is 0 Å². The van der Waals surface area contributed by atoms with Crippen molar-refractivity contribution in [2.24, 2.45) is 0 Å². The van der Waals surface area contributed by atoms with Crippen molar-refractivity contribution >= 4 is 5.57 Å². The van der Waals surface area contributed by atoms with E-state index in [1.54, 1.807) is 7.11 Å². The molecule has 0 N–H and O–H groups in total. The van der Waals surface area contributed by atoms with Crippen LogP contribution in [0.25, 0.3) is 5.57 Å². The fraction of sp³-hybridized carbons (Fsp3) is 0.357. The minimum Gasteiger partial charge on any atom is -0.496 e. The van der Waals surface area contributed by atoms with Crippen LogP contribution in [0.3, 0.4) is 0 Å². The molecule has 0 unspecified atom stereocenters. The van der Waals surface area contributed by atoms with Crippen LogP contribution in [0.2, 0.25) is 0 Å². The first-order valence-corrected chi connectivity index (χ1v) is 5.79. The molecular weight excluding hydrogens is 214 g/mol. The van der Waals surface area contributed by atoms with Gasteiger partial charge in [-0.05, 0) is 25.0 Å². The molecule has 1 heterocycles. The van der Waals surface area contributed by atoms with Crippen molar-refractivity contribution in [1.82, 2.24) is 0 Å². The van der Waals surface area contributed by atoms with Gasteiger partial charge in [-0.25, -0.2) is 0 Å². The summed E-state index contributed by atoms with van der Waals surface area (Å²) in [4.78, 5) is 0. The lowest BCUT2D eigenvalue weighted by Crippen LogP contribution is -2.01. The Morgan fingerprint density at radius 3 is 3.12 bits per heavy atom. The van der Waals surface area contributed by atoms with Crippen molar-refractivity contribution in [2.75, 3.05) is 13.7 Å². The van der Waals surface area contributed by atoms with Crippen LogP contribution in [0.1, 0.15) is 29.9 Å². The molecule has 1 aromatic carbocycles. The molecule has 3 rings (SSSR count). The summed E-state index contributed by atoms with van der Waals surface area (Å²) in [6, 6.07) is 6.10. The molecule has 0 radical (unpaired) electrons. The second kappa shape index (κ2) is 3.81. The molecule has 0 saturated heterocycles. The normalized spacial score (nSPS) is 20.7. The Bertz CT molecular complexity index is 540. The molecule has 2 aliphatic rings. The smallest absolute Gasteiger partial charge is 0.127 e. The predicted octanol–water partition coefficient (Wildman–Crippen LogP) is 2.87. The van der Waals surface area contributed by atoms with E-state index in [1.165, 1.54) is 0 Å². The minimum absolute atomic E-state index is 0.400. The Balaban J connectivity index is 2.30. The molecule has 3 heteroatoms. The summed E-state index contributed by atoms with van der Waals surface area (Å²) in [5.41, 5.74) is 2.81. The van der Waals surface area contributed by atoms with Gasteiger partial charge in [-0.3, -0.25) is 0 Å². The number of hydrogen-bond donors (Lipinski definition) is 0. The standard InChI is InChI=1S/C14H13NO2/c1-16-11-5-6-12-14-10(8-17-12)4-2-3-9(7-15)13(11)14/h3,5-6,10H,2,4,8H2,1H3/t10-/m0/s1. The van der Waals surface area contributed by atoms with Gasteiger partial charge in [0.1, 0.15) is 11.5 Å². The first kappa shape index (κ1) is 10.2. The fourth-order valence-corrected chi connectivity index (χ4v) is 2.69. The van der Waals surface area contributed by atoms with Gasteiger partial charge in [-0.15, -0.1) is 0 Å². The van der Waals surface area contributed by atoms with Gasteiger partial charge in [0, 0.05) is 17.0 Å². The van der Waals surface area contributed by atoms with Crippen LogP contribution < -0.4 is 9.47 Å². The van der Waals surface area contributed by atoms with Gasteiger partial charge in [-0.2, -0.15) is 5.26 Å². The molecule has 86 valence electrons. The Morgan fingerprint density at radius 2 is 2.35 bits per heavy atom. The molecule has 0 saturated carbocycles. The summed E-state index contributed by atoms with van der Waals surface area (Å²) in [5, 5.41) is 9.27. The van der Waals surface area contributed by atoms with Gasteiger partial charge >= 0.3 is 0 Å². The number of hydrogen-bond acceptors (Lipinski definition) is 3. The molecule has 1 aliphatic carbocycles. The van der Waals surface area contributed by atoms with Crippen molar-refractivity contribution in [3.8, 4) is 17.6 Å². The third-order valence-corrected chi connectivity index (χ3v) is 3.49. The lowest BCUT2D eigenvalue weighted by atomic mass is 9.92. The number of methoxy groups -OCH3 is 1. The summed E-state index contributed by atoms with van der Waals surface area (Å²) in [6.07, 6.45) is 3.98. The molecule has 0 fully saturated rings. The maximum atomic E-state index is 9.27. The van der Waals surface area contributed by atoms with E-state index in [1.807, 2.05) is 18.2 Å². The van der Waals surface area contributed by atoms with E-state index in [0.29, 0.717) is 11.5 Å². The highest BCUT2D eigenvalue weighted by molar-refractivity contribution is 5.84. The summed E-state index contributed by atoms with van der Waals surface area (Å²) < 4.78 is 11.1. The van der Waals surface area contributed by atoms with Crippen molar-refractivity contribution in [3.05, 3.63) is 29.3 Å². The zero-order valence-corrected chi connectivity index (χ0v) is 9.69. The van der Waals surface area contributed by atoms with Crippen LogP contribution in [0, 0.1) is 11.3 Å². The Hall–Kier alpha value is -1.95. The van der Waals surface area contributed by atoms with Crippen LogP contribution in [-0.4, -0.2) is 13.7 Å². The fourth-order valence-electron chi connectivity index (χ4n) is 2.69. The lowest BCUT2D eigenvalue weighted by Gasteiger charge is -2.12. The summed E-state index contributed by atoms with van der Waals surface area (Å²) in [7, 11) is 1.64. The van der Waals surface area contributed by atoms with Crippen LogP contribution >= 0.6 is 0 Å². The molecule has 17 heavy (non-hydrogen) atoms. The molecular formula is C14H13NO2. The van der Waals surface area contributed by atoms with Crippen LogP contribution in [0.5, 0.6) is 11.5 Å². The maximum Gasteiger partial charge on any atom is 0.127 e. The number of rotatable bonds is 1. The van der Waals surface area contributed by atoms with Crippen LogP contribution in [0.15, 0.2) is 18.2 Å². The van der Waals surface area contributed by atoms with Gasteiger partial charge in [0.15, 0.2) is 0 Å². The van der Waals surface area contributed by atoms with Gasteiger partial charge in [-0.1, -0.05) is 6.08 Å². The second-order valence-electron chi connectivity index (χ2n) is 4.37. The van der Waals surface area contributed by atoms with Crippen molar-refractivity contribution in [1.29, 1.82) is 5.26 Å². The number of nitrogens with zero attached hydrogens (tertiary/aromatic N) is 1. The van der Waals surface area contributed by atoms with E-state index >= 15 is 0 Å². The summed E-state index contributed by atoms with van der Waals surface area (Å²) in [5.74, 6) is 2.08.